The Morgan fingerprint density at radius 3 is 2.75 bits per heavy atom. The second-order valence-corrected chi connectivity index (χ2v) is 4.54. The molecule has 92 valence electrons. The van der Waals surface area contributed by atoms with Crippen LogP contribution in [0.15, 0.2) is 18.5 Å². The maximum atomic E-state index is 4.23. The van der Waals surface area contributed by atoms with Crippen LogP contribution in [-0.2, 0) is 6.54 Å². The zero-order valence-electron chi connectivity index (χ0n) is 10.8. The molecule has 1 rings (SSSR count). The maximum Gasteiger partial charge on any atom is 0.0560 e. The highest BCUT2D eigenvalue weighted by atomic mass is 15.3. The third kappa shape index (κ3) is 4.79. The number of hydrogen-bond acceptors (Lipinski definition) is 2. The fraction of sp³-hybridized carbons (Fsp3) is 0.769. The fourth-order valence-corrected chi connectivity index (χ4v) is 2.00. The van der Waals surface area contributed by atoms with Gasteiger partial charge in [0, 0.05) is 24.5 Å². The molecule has 16 heavy (non-hydrogen) atoms. The van der Waals surface area contributed by atoms with Gasteiger partial charge in [0.25, 0.3) is 0 Å². The average molecular weight is 223 g/mol. The largest absolute Gasteiger partial charge is 0.310 e. The molecule has 0 radical (unpaired) electrons. The zero-order chi connectivity index (χ0) is 11.8. The molecule has 0 saturated heterocycles. The first-order chi connectivity index (χ1) is 7.76. The van der Waals surface area contributed by atoms with Crippen molar-refractivity contribution in [2.24, 2.45) is 0 Å². The van der Waals surface area contributed by atoms with Crippen LogP contribution in [0.25, 0.3) is 0 Å². The van der Waals surface area contributed by atoms with Crippen LogP contribution < -0.4 is 5.32 Å². The summed E-state index contributed by atoms with van der Waals surface area (Å²) in [5, 5.41) is 7.91. The quantitative estimate of drug-likeness (QED) is 0.734. The molecule has 0 aliphatic carbocycles. The lowest BCUT2D eigenvalue weighted by molar-refractivity contribution is 0.367. The maximum absolute atomic E-state index is 4.23. The minimum Gasteiger partial charge on any atom is -0.310 e. The van der Waals surface area contributed by atoms with E-state index >= 15 is 0 Å². The van der Waals surface area contributed by atoms with Crippen LogP contribution in [0, 0.1) is 0 Å². The zero-order valence-corrected chi connectivity index (χ0v) is 10.8. The Morgan fingerprint density at radius 1 is 1.38 bits per heavy atom. The first kappa shape index (κ1) is 13.2. The third-order valence-electron chi connectivity index (χ3n) is 2.94. The molecule has 2 unspecified atom stereocenters. The van der Waals surface area contributed by atoms with Gasteiger partial charge in [0.15, 0.2) is 0 Å². The highest BCUT2D eigenvalue weighted by Crippen LogP contribution is 2.05. The van der Waals surface area contributed by atoms with Crippen LogP contribution in [0.5, 0.6) is 0 Å². The summed E-state index contributed by atoms with van der Waals surface area (Å²) in [5.41, 5.74) is 0. The lowest BCUT2D eigenvalue weighted by Gasteiger charge is -2.22. The molecule has 0 aliphatic heterocycles. The molecular formula is C13H25N3. The van der Waals surface area contributed by atoms with Gasteiger partial charge in [-0.2, -0.15) is 5.10 Å². The molecule has 1 heterocycles. The van der Waals surface area contributed by atoms with Crippen molar-refractivity contribution in [1.29, 1.82) is 0 Å². The summed E-state index contributed by atoms with van der Waals surface area (Å²) in [4.78, 5) is 0. The van der Waals surface area contributed by atoms with E-state index in [2.05, 4.69) is 31.2 Å². The summed E-state index contributed by atoms with van der Waals surface area (Å²) >= 11 is 0. The van der Waals surface area contributed by atoms with Gasteiger partial charge in [-0.15, -0.1) is 0 Å². The van der Waals surface area contributed by atoms with E-state index in [0.717, 1.165) is 6.54 Å². The topological polar surface area (TPSA) is 29.9 Å². The van der Waals surface area contributed by atoms with E-state index < -0.39 is 0 Å². The molecule has 0 saturated carbocycles. The van der Waals surface area contributed by atoms with Crippen LogP contribution in [0.1, 0.15) is 46.5 Å². The van der Waals surface area contributed by atoms with E-state index in [1.807, 2.05) is 23.1 Å². The molecule has 0 spiro atoms. The molecule has 0 aromatic carbocycles. The first-order valence-electron chi connectivity index (χ1n) is 6.49. The standard InChI is InChI=1S/C13H25N3/c1-4-6-8-13(5-2)15-12(3)11-16-10-7-9-14-16/h7,9-10,12-13,15H,4-6,8,11H2,1-3H3. The van der Waals surface area contributed by atoms with Crippen molar-refractivity contribution in [3.8, 4) is 0 Å². The number of rotatable bonds is 8. The van der Waals surface area contributed by atoms with Gasteiger partial charge >= 0.3 is 0 Å². The van der Waals surface area contributed by atoms with Gasteiger partial charge in [-0.1, -0.05) is 26.7 Å². The monoisotopic (exact) mass is 223 g/mol. The minimum absolute atomic E-state index is 0.488. The molecule has 1 aromatic rings. The van der Waals surface area contributed by atoms with E-state index in [0.29, 0.717) is 12.1 Å². The van der Waals surface area contributed by atoms with Gasteiger partial charge in [0.05, 0.1) is 6.54 Å². The van der Waals surface area contributed by atoms with Crippen molar-refractivity contribution in [3.05, 3.63) is 18.5 Å². The highest BCUT2D eigenvalue weighted by Gasteiger charge is 2.10. The van der Waals surface area contributed by atoms with Gasteiger partial charge in [0.1, 0.15) is 0 Å². The smallest absolute Gasteiger partial charge is 0.0560 e. The van der Waals surface area contributed by atoms with Crippen LogP contribution in [0.2, 0.25) is 0 Å². The number of unbranched alkanes of at least 4 members (excludes halogenated alkanes) is 1. The lowest BCUT2D eigenvalue weighted by Crippen LogP contribution is -2.38. The second-order valence-electron chi connectivity index (χ2n) is 4.54. The number of nitrogens with zero attached hydrogens (tertiary/aromatic N) is 2. The van der Waals surface area contributed by atoms with Crippen molar-refractivity contribution in [3.63, 3.8) is 0 Å². The van der Waals surface area contributed by atoms with Crippen molar-refractivity contribution in [2.45, 2.75) is 65.1 Å². The van der Waals surface area contributed by atoms with E-state index in [9.17, 15) is 0 Å². The van der Waals surface area contributed by atoms with E-state index in [1.165, 1.54) is 25.7 Å². The molecule has 2 atom stereocenters. The van der Waals surface area contributed by atoms with Crippen LogP contribution in [-0.4, -0.2) is 21.9 Å². The Morgan fingerprint density at radius 2 is 2.19 bits per heavy atom. The van der Waals surface area contributed by atoms with Crippen molar-refractivity contribution in [1.82, 2.24) is 15.1 Å². The van der Waals surface area contributed by atoms with Crippen molar-refractivity contribution < 1.29 is 0 Å². The predicted octanol–water partition coefficient (Wildman–Crippen LogP) is 2.83. The Kier molecular flexibility index (Phi) is 6.16. The average Bonchev–Trinajstić information content (AvgIpc) is 2.76. The van der Waals surface area contributed by atoms with Crippen LogP contribution >= 0.6 is 0 Å². The first-order valence-corrected chi connectivity index (χ1v) is 6.49. The van der Waals surface area contributed by atoms with Gasteiger partial charge in [-0.05, 0) is 25.8 Å². The Balaban J connectivity index is 2.28. The molecule has 1 aromatic heterocycles. The molecule has 0 aliphatic rings. The van der Waals surface area contributed by atoms with Gasteiger partial charge in [0.2, 0.25) is 0 Å². The normalized spacial score (nSPS) is 14.9. The molecule has 1 N–H and O–H groups in total. The fourth-order valence-electron chi connectivity index (χ4n) is 2.00. The summed E-state index contributed by atoms with van der Waals surface area (Å²) in [6.45, 7) is 7.69. The van der Waals surface area contributed by atoms with E-state index in [4.69, 9.17) is 0 Å². The Labute approximate surface area is 99.2 Å². The predicted molar refractivity (Wildman–Crippen MR) is 68.4 cm³/mol. The molecule has 3 heteroatoms. The molecular weight excluding hydrogens is 198 g/mol. The number of nitrogens with one attached hydrogen (secondary N) is 1. The van der Waals surface area contributed by atoms with Crippen LogP contribution in [0.3, 0.4) is 0 Å². The SMILES string of the molecule is CCCCC(CC)NC(C)Cn1cccn1. The summed E-state index contributed by atoms with van der Waals surface area (Å²) < 4.78 is 1.99. The molecule has 0 amide bonds. The third-order valence-corrected chi connectivity index (χ3v) is 2.94. The Bertz CT molecular complexity index is 256. The molecule has 0 bridgehead atoms. The lowest BCUT2D eigenvalue weighted by atomic mass is 10.1. The van der Waals surface area contributed by atoms with Gasteiger partial charge in [-0.3, -0.25) is 4.68 Å². The molecule has 0 fully saturated rings. The highest BCUT2D eigenvalue weighted by molar-refractivity contribution is 4.79. The summed E-state index contributed by atoms with van der Waals surface area (Å²) in [6.07, 6.45) is 8.96. The second kappa shape index (κ2) is 7.44. The van der Waals surface area contributed by atoms with Gasteiger partial charge in [-0.25, -0.2) is 0 Å². The van der Waals surface area contributed by atoms with Crippen molar-refractivity contribution >= 4 is 0 Å². The Hall–Kier alpha value is -0.830. The minimum atomic E-state index is 0.488. The van der Waals surface area contributed by atoms with Gasteiger partial charge < -0.3 is 5.32 Å². The molecule has 3 nitrogen and oxygen atoms in total. The number of hydrogen-bond donors (Lipinski definition) is 1. The number of aromatic nitrogens is 2. The van der Waals surface area contributed by atoms with Crippen LogP contribution in [0.4, 0.5) is 0 Å². The summed E-state index contributed by atoms with van der Waals surface area (Å²) in [7, 11) is 0. The summed E-state index contributed by atoms with van der Waals surface area (Å²) in [6, 6.07) is 3.12. The summed E-state index contributed by atoms with van der Waals surface area (Å²) in [5.74, 6) is 0. The van der Waals surface area contributed by atoms with Crippen molar-refractivity contribution in [2.75, 3.05) is 0 Å². The van der Waals surface area contributed by atoms with E-state index in [-0.39, 0.29) is 0 Å². The van der Waals surface area contributed by atoms with E-state index in [1.54, 1.807) is 0 Å².